The molecule has 0 unspecified atom stereocenters. The maximum absolute atomic E-state index is 11.0. The average molecular weight is 210 g/mol. The number of carbonyl (C=O) groups is 1. The molecule has 1 rings (SSSR count). The quantitative estimate of drug-likeness (QED) is 0.702. The fraction of sp³-hybridized carbons (Fsp3) is 0.200. The summed E-state index contributed by atoms with van der Waals surface area (Å²) in [4.78, 5) is 11.0. The second-order valence-electron chi connectivity index (χ2n) is 2.70. The first-order chi connectivity index (χ1) is 6.61. The number of hydrogen-bond donors (Lipinski definition) is 0. The molecule has 0 amide bonds. The van der Waals surface area contributed by atoms with E-state index in [1.165, 1.54) is 13.2 Å². The maximum atomic E-state index is 11.0. The fourth-order valence-corrected chi connectivity index (χ4v) is 1.38. The monoisotopic (exact) mass is 209 g/mol. The van der Waals surface area contributed by atoms with Crippen LogP contribution in [0.2, 0.25) is 0 Å². The van der Waals surface area contributed by atoms with Crippen LogP contribution in [-0.4, -0.2) is 12.4 Å². The van der Waals surface area contributed by atoms with Crippen LogP contribution >= 0.6 is 11.6 Å². The van der Waals surface area contributed by atoms with Crippen LogP contribution in [0.5, 0.6) is 5.75 Å². The lowest BCUT2D eigenvalue weighted by molar-refractivity contribution is 0.107. The van der Waals surface area contributed by atoms with Crippen LogP contribution in [0.1, 0.15) is 21.5 Å². The third-order valence-electron chi connectivity index (χ3n) is 1.94. The molecule has 0 saturated heterocycles. The van der Waals surface area contributed by atoms with Gasteiger partial charge in [-0.2, -0.15) is 5.26 Å². The summed E-state index contributed by atoms with van der Waals surface area (Å²) < 4.78 is 5.02. The van der Waals surface area contributed by atoms with Gasteiger partial charge in [-0.3, -0.25) is 4.79 Å². The highest BCUT2D eigenvalue weighted by Gasteiger charge is 2.14. The predicted octanol–water partition coefficient (Wildman–Crippen LogP) is 2.25. The minimum atomic E-state index is -0.588. The number of rotatable bonds is 2. The largest absolute Gasteiger partial charge is 0.496 e. The fourth-order valence-electron chi connectivity index (χ4n) is 1.23. The molecule has 0 radical (unpaired) electrons. The van der Waals surface area contributed by atoms with Gasteiger partial charge in [0.05, 0.1) is 24.3 Å². The Balaban J connectivity index is 3.45. The number of benzene rings is 1. The van der Waals surface area contributed by atoms with Crippen LogP contribution in [0.4, 0.5) is 0 Å². The van der Waals surface area contributed by atoms with E-state index in [4.69, 9.17) is 21.6 Å². The number of carbonyl (C=O) groups excluding carboxylic acids is 1. The highest BCUT2D eigenvalue weighted by molar-refractivity contribution is 6.68. The molecule has 0 bridgehead atoms. The van der Waals surface area contributed by atoms with Crippen molar-refractivity contribution in [3.63, 3.8) is 0 Å². The zero-order chi connectivity index (χ0) is 10.7. The Morgan fingerprint density at radius 3 is 2.64 bits per heavy atom. The second-order valence-corrected chi connectivity index (χ2v) is 3.05. The SMILES string of the molecule is COc1c(C(=O)Cl)ccc(C#N)c1C. The van der Waals surface area contributed by atoms with Gasteiger partial charge in [0.25, 0.3) is 5.24 Å². The molecule has 0 spiro atoms. The van der Waals surface area contributed by atoms with E-state index in [9.17, 15) is 4.79 Å². The Hall–Kier alpha value is -1.53. The van der Waals surface area contributed by atoms with E-state index < -0.39 is 5.24 Å². The summed E-state index contributed by atoms with van der Waals surface area (Å²) in [5.41, 5.74) is 1.38. The molecule has 14 heavy (non-hydrogen) atoms. The first-order valence-corrected chi connectivity index (χ1v) is 4.27. The second kappa shape index (κ2) is 4.12. The number of methoxy groups -OCH3 is 1. The summed E-state index contributed by atoms with van der Waals surface area (Å²) in [6, 6.07) is 5.04. The molecule has 1 aromatic rings. The lowest BCUT2D eigenvalue weighted by Gasteiger charge is -2.08. The topological polar surface area (TPSA) is 50.1 Å². The lowest BCUT2D eigenvalue weighted by Crippen LogP contribution is -1.99. The summed E-state index contributed by atoms with van der Waals surface area (Å²) in [6.07, 6.45) is 0. The first kappa shape index (κ1) is 10.6. The molecular formula is C10H8ClNO2. The summed E-state index contributed by atoms with van der Waals surface area (Å²) in [5, 5.41) is 8.16. The number of nitriles is 1. The van der Waals surface area contributed by atoms with Gasteiger partial charge in [-0.25, -0.2) is 0 Å². The number of hydrogen-bond acceptors (Lipinski definition) is 3. The van der Waals surface area contributed by atoms with E-state index in [1.54, 1.807) is 13.0 Å². The van der Waals surface area contributed by atoms with E-state index in [-0.39, 0.29) is 5.56 Å². The minimum absolute atomic E-state index is 0.283. The highest BCUT2D eigenvalue weighted by Crippen LogP contribution is 2.27. The Kier molecular flexibility index (Phi) is 3.10. The van der Waals surface area contributed by atoms with Crippen molar-refractivity contribution in [3.05, 3.63) is 28.8 Å². The van der Waals surface area contributed by atoms with Gasteiger partial charge in [-0.15, -0.1) is 0 Å². The van der Waals surface area contributed by atoms with Crippen LogP contribution in [0.25, 0.3) is 0 Å². The first-order valence-electron chi connectivity index (χ1n) is 3.89. The molecular weight excluding hydrogens is 202 g/mol. The molecule has 1 aromatic carbocycles. The Bertz CT molecular complexity index is 421. The number of ether oxygens (including phenoxy) is 1. The van der Waals surface area contributed by atoms with Gasteiger partial charge in [0.2, 0.25) is 0 Å². The highest BCUT2D eigenvalue weighted by atomic mass is 35.5. The van der Waals surface area contributed by atoms with Gasteiger partial charge < -0.3 is 4.74 Å². The molecule has 0 aromatic heterocycles. The minimum Gasteiger partial charge on any atom is -0.496 e. The van der Waals surface area contributed by atoms with Gasteiger partial charge in [0, 0.05) is 5.56 Å². The van der Waals surface area contributed by atoms with Gasteiger partial charge in [-0.05, 0) is 30.7 Å². The van der Waals surface area contributed by atoms with Crippen LogP contribution in [0.15, 0.2) is 12.1 Å². The Labute approximate surface area is 86.9 Å². The van der Waals surface area contributed by atoms with Crippen LogP contribution in [0.3, 0.4) is 0 Å². The molecule has 0 fully saturated rings. The third kappa shape index (κ3) is 1.70. The maximum Gasteiger partial charge on any atom is 0.256 e. The van der Waals surface area contributed by atoms with Crippen molar-refractivity contribution < 1.29 is 9.53 Å². The normalized spacial score (nSPS) is 9.29. The molecule has 0 atom stereocenters. The molecule has 0 saturated carbocycles. The molecule has 3 nitrogen and oxygen atoms in total. The Morgan fingerprint density at radius 1 is 1.57 bits per heavy atom. The molecule has 0 aliphatic rings. The molecule has 0 aliphatic heterocycles. The van der Waals surface area contributed by atoms with E-state index in [0.717, 1.165) is 0 Å². The number of halogens is 1. The zero-order valence-corrected chi connectivity index (χ0v) is 8.55. The Morgan fingerprint density at radius 2 is 2.21 bits per heavy atom. The van der Waals surface area contributed by atoms with E-state index in [1.807, 2.05) is 6.07 Å². The lowest BCUT2D eigenvalue weighted by atomic mass is 10.0. The standard InChI is InChI=1S/C10H8ClNO2/c1-6-7(5-12)3-4-8(10(11)13)9(6)14-2/h3-4H,1-2H3. The van der Waals surface area contributed by atoms with Crippen LogP contribution in [-0.2, 0) is 0 Å². The van der Waals surface area contributed by atoms with Crippen LogP contribution < -0.4 is 4.74 Å². The summed E-state index contributed by atoms with van der Waals surface area (Å²) in [5.74, 6) is 0.365. The third-order valence-corrected chi connectivity index (χ3v) is 2.15. The summed E-state index contributed by atoms with van der Waals surface area (Å²) in [7, 11) is 1.44. The van der Waals surface area contributed by atoms with Gasteiger partial charge in [0.15, 0.2) is 0 Å². The molecule has 0 heterocycles. The smallest absolute Gasteiger partial charge is 0.256 e. The van der Waals surface area contributed by atoms with Gasteiger partial charge in [-0.1, -0.05) is 0 Å². The summed E-state index contributed by atoms with van der Waals surface area (Å²) in [6.45, 7) is 1.71. The van der Waals surface area contributed by atoms with Gasteiger partial charge in [0.1, 0.15) is 5.75 Å². The van der Waals surface area contributed by atoms with E-state index in [2.05, 4.69) is 0 Å². The molecule has 4 heteroatoms. The predicted molar refractivity (Wildman–Crippen MR) is 52.6 cm³/mol. The van der Waals surface area contributed by atoms with E-state index >= 15 is 0 Å². The van der Waals surface area contributed by atoms with E-state index in [0.29, 0.717) is 16.9 Å². The molecule has 72 valence electrons. The number of nitrogens with zero attached hydrogens (tertiary/aromatic N) is 1. The van der Waals surface area contributed by atoms with Crippen molar-refractivity contribution in [2.45, 2.75) is 6.92 Å². The van der Waals surface area contributed by atoms with Crippen molar-refractivity contribution in [2.24, 2.45) is 0 Å². The van der Waals surface area contributed by atoms with Crippen molar-refractivity contribution in [3.8, 4) is 11.8 Å². The molecule has 0 aliphatic carbocycles. The van der Waals surface area contributed by atoms with Crippen LogP contribution in [0, 0.1) is 18.3 Å². The average Bonchev–Trinajstić information content (AvgIpc) is 2.17. The van der Waals surface area contributed by atoms with Crippen molar-refractivity contribution in [1.82, 2.24) is 0 Å². The van der Waals surface area contributed by atoms with Crippen molar-refractivity contribution in [1.29, 1.82) is 5.26 Å². The van der Waals surface area contributed by atoms with Gasteiger partial charge >= 0.3 is 0 Å². The van der Waals surface area contributed by atoms with Crippen molar-refractivity contribution in [2.75, 3.05) is 7.11 Å². The zero-order valence-electron chi connectivity index (χ0n) is 7.80. The summed E-state index contributed by atoms with van der Waals surface area (Å²) >= 11 is 5.35. The van der Waals surface area contributed by atoms with Crippen molar-refractivity contribution >= 4 is 16.8 Å². The molecule has 0 N–H and O–H groups in total.